The third kappa shape index (κ3) is 3.92. The molecule has 0 bridgehead atoms. The Morgan fingerprint density at radius 3 is 1.88 bits per heavy atom. The molecule has 0 radical (unpaired) electrons. The highest BCUT2D eigenvalue weighted by molar-refractivity contribution is 7.99. The molecular formula is C19H24N2O2S. The molecule has 1 aliphatic rings. The van der Waals surface area contributed by atoms with Crippen LogP contribution in [0.2, 0.25) is 0 Å². The van der Waals surface area contributed by atoms with E-state index >= 15 is 0 Å². The molecule has 2 aromatic rings. The highest BCUT2D eigenvalue weighted by atomic mass is 32.2. The van der Waals surface area contributed by atoms with Gasteiger partial charge in [-0.3, -0.25) is 4.90 Å². The van der Waals surface area contributed by atoms with Crippen LogP contribution in [0.25, 0.3) is 0 Å². The molecule has 4 nitrogen and oxygen atoms in total. The van der Waals surface area contributed by atoms with Gasteiger partial charge in [-0.1, -0.05) is 36.0 Å². The van der Waals surface area contributed by atoms with E-state index in [0.717, 1.165) is 19.5 Å². The maximum absolute atomic E-state index is 9.14. The van der Waals surface area contributed by atoms with E-state index in [-0.39, 0.29) is 13.2 Å². The minimum Gasteiger partial charge on any atom is -0.395 e. The lowest BCUT2D eigenvalue weighted by Crippen LogP contribution is -2.33. The molecule has 2 N–H and O–H groups in total. The first kappa shape index (κ1) is 17.3. The minimum absolute atomic E-state index is 0.131. The first-order valence-electron chi connectivity index (χ1n) is 8.41. The third-order valence-electron chi connectivity index (χ3n) is 4.22. The van der Waals surface area contributed by atoms with Gasteiger partial charge in [0.25, 0.3) is 0 Å². The van der Waals surface area contributed by atoms with E-state index in [1.54, 1.807) is 0 Å². The van der Waals surface area contributed by atoms with E-state index < -0.39 is 0 Å². The van der Waals surface area contributed by atoms with Crippen molar-refractivity contribution in [2.24, 2.45) is 0 Å². The summed E-state index contributed by atoms with van der Waals surface area (Å²) in [5.74, 6) is 0. The molecule has 0 atom stereocenters. The fourth-order valence-electron chi connectivity index (χ4n) is 3.09. The summed E-state index contributed by atoms with van der Waals surface area (Å²) in [6.07, 6.45) is 0.979. The van der Waals surface area contributed by atoms with Gasteiger partial charge in [-0.25, -0.2) is 0 Å². The molecule has 1 heterocycles. The molecule has 5 heteroatoms. The molecule has 0 saturated carbocycles. The zero-order valence-corrected chi connectivity index (χ0v) is 14.6. The van der Waals surface area contributed by atoms with Crippen LogP contribution in [0.4, 0.5) is 11.4 Å². The fraction of sp³-hybridized carbons (Fsp3) is 0.368. The van der Waals surface area contributed by atoms with Crippen molar-refractivity contribution in [1.29, 1.82) is 0 Å². The summed E-state index contributed by atoms with van der Waals surface area (Å²) >= 11 is 1.82. The summed E-state index contributed by atoms with van der Waals surface area (Å²) in [6.45, 7) is 3.28. The van der Waals surface area contributed by atoms with Crippen LogP contribution in [0.3, 0.4) is 0 Å². The molecule has 0 amide bonds. The van der Waals surface area contributed by atoms with Crippen molar-refractivity contribution >= 4 is 23.1 Å². The molecule has 1 aliphatic heterocycles. The number of nitrogens with zero attached hydrogens (tertiary/aromatic N) is 2. The predicted octanol–water partition coefficient (Wildman–Crippen LogP) is 2.97. The van der Waals surface area contributed by atoms with Crippen LogP contribution in [0.1, 0.15) is 6.42 Å². The Hall–Kier alpha value is -1.53. The minimum atomic E-state index is 0.131. The van der Waals surface area contributed by atoms with Crippen LogP contribution in [-0.4, -0.2) is 54.5 Å². The average Bonchev–Trinajstić information content (AvgIpc) is 2.61. The molecule has 3 rings (SSSR count). The smallest absolute Gasteiger partial charge is 0.0558 e. The number of para-hydroxylation sites is 2. The van der Waals surface area contributed by atoms with Crippen LogP contribution >= 0.6 is 11.8 Å². The van der Waals surface area contributed by atoms with Crippen LogP contribution in [0.5, 0.6) is 0 Å². The Morgan fingerprint density at radius 2 is 1.33 bits per heavy atom. The lowest BCUT2D eigenvalue weighted by atomic mass is 10.2. The van der Waals surface area contributed by atoms with E-state index in [1.807, 2.05) is 11.8 Å². The van der Waals surface area contributed by atoms with Gasteiger partial charge >= 0.3 is 0 Å². The maximum Gasteiger partial charge on any atom is 0.0558 e. The molecule has 0 spiro atoms. The normalized spacial score (nSPS) is 13.0. The van der Waals surface area contributed by atoms with Crippen molar-refractivity contribution in [2.75, 3.05) is 44.3 Å². The van der Waals surface area contributed by atoms with Crippen molar-refractivity contribution < 1.29 is 10.2 Å². The number of fused-ring (bicyclic) bond motifs is 2. The number of hydrogen-bond donors (Lipinski definition) is 2. The van der Waals surface area contributed by atoms with Gasteiger partial charge in [0.1, 0.15) is 0 Å². The van der Waals surface area contributed by atoms with E-state index in [0.29, 0.717) is 13.1 Å². The first-order chi connectivity index (χ1) is 11.8. The zero-order chi connectivity index (χ0) is 16.8. The average molecular weight is 344 g/mol. The number of anilines is 2. The van der Waals surface area contributed by atoms with Crippen LogP contribution in [0.15, 0.2) is 58.3 Å². The Bertz CT molecular complexity index is 614. The summed E-state index contributed by atoms with van der Waals surface area (Å²) in [5.41, 5.74) is 2.52. The number of aliphatic hydroxyl groups is 2. The number of rotatable bonds is 8. The molecule has 0 saturated heterocycles. The van der Waals surface area contributed by atoms with Gasteiger partial charge in [0, 0.05) is 36.0 Å². The standard InChI is InChI=1S/C19H24N2O2S/c22-14-12-20(13-15-23)10-5-11-21-16-6-1-3-8-18(16)24-19-9-4-2-7-17(19)21/h1-4,6-9,22-23H,5,10-15H2. The summed E-state index contributed by atoms with van der Waals surface area (Å²) in [4.78, 5) is 7.07. The van der Waals surface area contributed by atoms with E-state index in [9.17, 15) is 0 Å². The van der Waals surface area contributed by atoms with Gasteiger partial charge in [0.15, 0.2) is 0 Å². The highest BCUT2D eigenvalue weighted by Crippen LogP contribution is 2.47. The van der Waals surface area contributed by atoms with Gasteiger partial charge in [-0.05, 0) is 30.7 Å². The molecule has 0 aliphatic carbocycles. The van der Waals surface area contributed by atoms with Crippen LogP contribution in [0, 0.1) is 0 Å². The lowest BCUT2D eigenvalue weighted by molar-refractivity contribution is 0.160. The number of benzene rings is 2. The Morgan fingerprint density at radius 1 is 0.792 bits per heavy atom. The molecule has 0 fully saturated rings. The lowest BCUT2D eigenvalue weighted by Gasteiger charge is -2.33. The Kier molecular flexibility index (Phi) is 6.15. The third-order valence-corrected chi connectivity index (χ3v) is 5.35. The molecule has 2 aromatic carbocycles. The van der Waals surface area contributed by atoms with Gasteiger partial charge in [0.2, 0.25) is 0 Å². The summed E-state index contributed by atoms with van der Waals surface area (Å²) in [5, 5.41) is 18.3. The molecule has 128 valence electrons. The van der Waals surface area contributed by atoms with Gasteiger partial charge in [-0.2, -0.15) is 0 Å². The van der Waals surface area contributed by atoms with Crippen molar-refractivity contribution in [2.45, 2.75) is 16.2 Å². The second-order valence-corrected chi connectivity index (χ2v) is 6.92. The van der Waals surface area contributed by atoms with Gasteiger partial charge in [0.05, 0.1) is 24.6 Å². The maximum atomic E-state index is 9.14. The van der Waals surface area contributed by atoms with Crippen LogP contribution in [-0.2, 0) is 0 Å². The second kappa shape index (κ2) is 8.53. The quantitative estimate of drug-likeness (QED) is 0.771. The Balaban J connectivity index is 1.73. The molecule has 0 aromatic heterocycles. The number of aliphatic hydroxyl groups excluding tert-OH is 2. The SMILES string of the molecule is OCCN(CCO)CCCN1c2ccccc2Sc2ccccc21. The van der Waals surface area contributed by atoms with Gasteiger partial charge < -0.3 is 15.1 Å². The first-order valence-corrected chi connectivity index (χ1v) is 9.22. The topological polar surface area (TPSA) is 46.9 Å². The van der Waals surface area contributed by atoms with Crippen LogP contribution < -0.4 is 4.90 Å². The number of hydrogen-bond acceptors (Lipinski definition) is 5. The van der Waals surface area contributed by atoms with E-state index in [1.165, 1.54) is 21.2 Å². The molecule has 0 unspecified atom stereocenters. The molecular weight excluding hydrogens is 320 g/mol. The van der Waals surface area contributed by atoms with Crippen molar-refractivity contribution in [3.63, 3.8) is 0 Å². The summed E-state index contributed by atoms with van der Waals surface area (Å²) in [7, 11) is 0. The van der Waals surface area contributed by atoms with E-state index in [4.69, 9.17) is 10.2 Å². The highest BCUT2D eigenvalue weighted by Gasteiger charge is 2.22. The van der Waals surface area contributed by atoms with Crippen molar-refractivity contribution in [3.8, 4) is 0 Å². The predicted molar refractivity (Wildman–Crippen MR) is 99.2 cm³/mol. The van der Waals surface area contributed by atoms with Crippen molar-refractivity contribution in [3.05, 3.63) is 48.5 Å². The second-order valence-electron chi connectivity index (χ2n) is 5.83. The zero-order valence-electron chi connectivity index (χ0n) is 13.8. The summed E-state index contributed by atoms with van der Waals surface area (Å²) in [6, 6.07) is 17.0. The molecule has 24 heavy (non-hydrogen) atoms. The monoisotopic (exact) mass is 344 g/mol. The largest absolute Gasteiger partial charge is 0.395 e. The van der Waals surface area contributed by atoms with E-state index in [2.05, 4.69) is 58.3 Å². The van der Waals surface area contributed by atoms with Crippen molar-refractivity contribution in [1.82, 2.24) is 4.90 Å². The fourth-order valence-corrected chi connectivity index (χ4v) is 4.19. The summed E-state index contributed by atoms with van der Waals surface area (Å²) < 4.78 is 0. The Labute approximate surface area is 147 Å². The van der Waals surface area contributed by atoms with Gasteiger partial charge in [-0.15, -0.1) is 0 Å².